The molecule has 0 aromatic rings. The van der Waals surface area contributed by atoms with Crippen LogP contribution in [0.25, 0.3) is 0 Å². The van der Waals surface area contributed by atoms with Crippen LogP contribution in [0.3, 0.4) is 0 Å². The Labute approximate surface area is 78.6 Å². The zero-order valence-electron chi connectivity index (χ0n) is 8.26. The van der Waals surface area contributed by atoms with Crippen LogP contribution in [0.2, 0.25) is 0 Å². The predicted molar refractivity (Wildman–Crippen MR) is 48.2 cm³/mol. The number of carbonyl (C=O) groups excluding carboxylic acids is 1. The second kappa shape index (κ2) is 4.58. The van der Waals surface area contributed by atoms with E-state index in [9.17, 15) is 4.79 Å². The predicted octanol–water partition coefficient (Wildman–Crippen LogP) is 0.666. The van der Waals surface area contributed by atoms with Crippen molar-refractivity contribution in [3.8, 4) is 0 Å². The molecule has 4 heteroatoms. The number of amides is 1. The molecule has 1 aliphatic heterocycles. The molecule has 1 N–H and O–H groups in total. The average molecular weight is 187 g/mol. The molecule has 0 atom stereocenters. The van der Waals surface area contributed by atoms with Gasteiger partial charge in [0.2, 0.25) is 5.91 Å². The SMILES string of the molecule is CCNC(=O)CCC1(C)OCCO1. The maximum absolute atomic E-state index is 11.1. The summed E-state index contributed by atoms with van der Waals surface area (Å²) in [7, 11) is 0. The van der Waals surface area contributed by atoms with Crippen molar-refractivity contribution in [2.75, 3.05) is 19.8 Å². The average Bonchev–Trinajstić information content (AvgIpc) is 2.51. The van der Waals surface area contributed by atoms with Crippen LogP contribution in [-0.2, 0) is 14.3 Å². The van der Waals surface area contributed by atoms with E-state index in [2.05, 4.69) is 5.32 Å². The van der Waals surface area contributed by atoms with E-state index >= 15 is 0 Å². The molecule has 1 heterocycles. The number of carbonyl (C=O) groups is 1. The van der Waals surface area contributed by atoms with Crippen molar-refractivity contribution in [3.05, 3.63) is 0 Å². The Balaban J connectivity index is 2.21. The highest BCUT2D eigenvalue weighted by atomic mass is 16.7. The molecule has 0 unspecified atom stereocenters. The van der Waals surface area contributed by atoms with Crippen LogP contribution in [0.5, 0.6) is 0 Å². The minimum absolute atomic E-state index is 0.0582. The zero-order chi connectivity index (χ0) is 9.73. The van der Waals surface area contributed by atoms with Crippen molar-refractivity contribution < 1.29 is 14.3 Å². The maximum atomic E-state index is 11.1. The summed E-state index contributed by atoms with van der Waals surface area (Å²) in [4.78, 5) is 11.1. The summed E-state index contributed by atoms with van der Waals surface area (Å²) in [5.74, 6) is -0.478. The number of rotatable bonds is 4. The van der Waals surface area contributed by atoms with Crippen LogP contribution in [0.4, 0.5) is 0 Å². The molecule has 0 aromatic carbocycles. The van der Waals surface area contributed by atoms with Gasteiger partial charge in [-0.2, -0.15) is 0 Å². The third-order valence-electron chi connectivity index (χ3n) is 2.08. The lowest BCUT2D eigenvalue weighted by Crippen LogP contribution is -2.30. The minimum Gasteiger partial charge on any atom is -0.356 e. The molecule has 1 saturated heterocycles. The molecule has 0 bridgehead atoms. The quantitative estimate of drug-likeness (QED) is 0.703. The lowest BCUT2D eigenvalue weighted by Gasteiger charge is -2.21. The molecule has 0 aliphatic carbocycles. The van der Waals surface area contributed by atoms with Crippen LogP contribution in [0.15, 0.2) is 0 Å². The van der Waals surface area contributed by atoms with Crippen LogP contribution in [-0.4, -0.2) is 31.5 Å². The fourth-order valence-electron chi connectivity index (χ4n) is 1.33. The van der Waals surface area contributed by atoms with Crippen LogP contribution in [0.1, 0.15) is 26.7 Å². The lowest BCUT2D eigenvalue weighted by molar-refractivity contribution is -0.152. The molecule has 1 aliphatic rings. The van der Waals surface area contributed by atoms with Crippen molar-refractivity contribution in [2.45, 2.75) is 32.5 Å². The molecule has 4 nitrogen and oxygen atoms in total. The van der Waals surface area contributed by atoms with Gasteiger partial charge in [-0.3, -0.25) is 4.79 Å². The summed E-state index contributed by atoms with van der Waals surface area (Å²) in [6.07, 6.45) is 1.09. The molecule has 76 valence electrons. The smallest absolute Gasteiger partial charge is 0.220 e. The molecule has 13 heavy (non-hydrogen) atoms. The second-order valence-corrected chi connectivity index (χ2v) is 3.28. The number of hydrogen-bond acceptors (Lipinski definition) is 3. The molecule has 1 rings (SSSR count). The van der Waals surface area contributed by atoms with E-state index in [0.29, 0.717) is 32.6 Å². The third-order valence-corrected chi connectivity index (χ3v) is 2.08. The highest BCUT2D eigenvalue weighted by Gasteiger charge is 2.30. The van der Waals surface area contributed by atoms with Crippen molar-refractivity contribution in [1.29, 1.82) is 0 Å². The van der Waals surface area contributed by atoms with Gasteiger partial charge in [-0.1, -0.05) is 0 Å². The normalized spacial score (nSPS) is 20.2. The lowest BCUT2D eigenvalue weighted by atomic mass is 10.1. The fourth-order valence-corrected chi connectivity index (χ4v) is 1.33. The monoisotopic (exact) mass is 187 g/mol. The van der Waals surface area contributed by atoms with Crippen molar-refractivity contribution >= 4 is 5.91 Å². The largest absolute Gasteiger partial charge is 0.356 e. The van der Waals surface area contributed by atoms with Gasteiger partial charge >= 0.3 is 0 Å². The van der Waals surface area contributed by atoms with Gasteiger partial charge < -0.3 is 14.8 Å². The van der Waals surface area contributed by atoms with Gasteiger partial charge in [0.15, 0.2) is 5.79 Å². The Hall–Kier alpha value is -0.610. The molecule has 1 fully saturated rings. The third kappa shape index (κ3) is 3.32. The maximum Gasteiger partial charge on any atom is 0.220 e. The van der Waals surface area contributed by atoms with E-state index in [1.807, 2.05) is 13.8 Å². The fraction of sp³-hybridized carbons (Fsp3) is 0.889. The number of nitrogens with one attached hydrogen (secondary N) is 1. The van der Waals surface area contributed by atoms with Gasteiger partial charge in [-0.25, -0.2) is 0 Å². The Kier molecular flexibility index (Phi) is 3.69. The van der Waals surface area contributed by atoms with Gasteiger partial charge in [0.05, 0.1) is 13.2 Å². The van der Waals surface area contributed by atoms with Gasteiger partial charge in [0.25, 0.3) is 0 Å². The first-order valence-corrected chi connectivity index (χ1v) is 4.71. The highest BCUT2D eigenvalue weighted by molar-refractivity contribution is 5.75. The van der Waals surface area contributed by atoms with Crippen LogP contribution >= 0.6 is 0 Å². The molecular weight excluding hydrogens is 170 g/mol. The van der Waals surface area contributed by atoms with E-state index in [1.54, 1.807) is 0 Å². The first kappa shape index (κ1) is 10.5. The van der Waals surface area contributed by atoms with E-state index in [0.717, 1.165) is 0 Å². The summed E-state index contributed by atoms with van der Waals surface area (Å²) in [5.41, 5.74) is 0. The van der Waals surface area contributed by atoms with Gasteiger partial charge in [-0.05, 0) is 13.8 Å². The van der Waals surface area contributed by atoms with Gasteiger partial charge in [0, 0.05) is 19.4 Å². The highest BCUT2D eigenvalue weighted by Crippen LogP contribution is 2.23. The summed E-state index contributed by atoms with van der Waals surface area (Å²) >= 11 is 0. The van der Waals surface area contributed by atoms with Gasteiger partial charge in [-0.15, -0.1) is 0 Å². The molecular formula is C9H17NO3. The standard InChI is InChI=1S/C9H17NO3/c1-3-10-8(11)4-5-9(2)12-6-7-13-9/h3-7H2,1-2H3,(H,10,11). The Bertz CT molecular complexity index is 176. The summed E-state index contributed by atoms with van der Waals surface area (Å²) in [6, 6.07) is 0. The van der Waals surface area contributed by atoms with Gasteiger partial charge in [0.1, 0.15) is 0 Å². The molecule has 0 spiro atoms. The minimum atomic E-state index is -0.537. The van der Waals surface area contributed by atoms with Crippen LogP contribution in [0, 0.1) is 0 Å². The Morgan fingerprint density at radius 3 is 2.62 bits per heavy atom. The molecule has 0 aromatic heterocycles. The van der Waals surface area contributed by atoms with Crippen molar-refractivity contribution in [3.63, 3.8) is 0 Å². The zero-order valence-corrected chi connectivity index (χ0v) is 8.26. The summed E-state index contributed by atoms with van der Waals surface area (Å²) in [6.45, 7) is 5.72. The summed E-state index contributed by atoms with van der Waals surface area (Å²) < 4.78 is 10.7. The Morgan fingerprint density at radius 2 is 2.08 bits per heavy atom. The van der Waals surface area contributed by atoms with E-state index in [-0.39, 0.29) is 5.91 Å². The summed E-state index contributed by atoms with van der Waals surface area (Å²) in [5, 5.41) is 2.74. The molecule has 1 amide bonds. The van der Waals surface area contributed by atoms with E-state index < -0.39 is 5.79 Å². The van der Waals surface area contributed by atoms with Crippen molar-refractivity contribution in [2.24, 2.45) is 0 Å². The van der Waals surface area contributed by atoms with Crippen LogP contribution < -0.4 is 5.32 Å². The topological polar surface area (TPSA) is 47.6 Å². The number of ether oxygens (including phenoxy) is 2. The molecule has 0 radical (unpaired) electrons. The second-order valence-electron chi connectivity index (χ2n) is 3.28. The first-order chi connectivity index (χ1) is 6.16. The molecule has 0 saturated carbocycles. The first-order valence-electron chi connectivity index (χ1n) is 4.71. The van der Waals surface area contributed by atoms with E-state index in [4.69, 9.17) is 9.47 Å². The Morgan fingerprint density at radius 1 is 1.46 bits per heavy atom. The van der Waals surface area contributed by atoms with E-state index in [1.165, 1.54) is 0 Å². The number of hydrogen-bond donors (Lipinski definition) is 1. The van der Waals surface area contributed by atoms with Crippen molar-refractivity contribution in [1.82, 2.24) is 5.32 Å².